The molecule has 1 N–H and O–H groups in total. The number of rotatable bonds is 5. The maximum atomic E-state index is 12.4. The van der Waals surface area contributed by atoms with Crippen LogP contribution >= 0.6 is 0 Å². The van der Waals surface area contributed by atoms with Gasteiger partial charge in [-0.15, -0.1) is 0 Å². The Hall–Kier alpha value is -2.63. The van der Waals surface area contributed by atoms with Gasteiger partial charge in [-0.2, -0.15) is 0 Å². The number of hydrogen-bond donors (Lipinski definition) is 1. The second-order valence-corrected chi connectivity index (χ2v) is 7.05. The van der Waals surface area contributed by atoms with Crippen LogP contribution in [0.15, 0.2) is 36.7 Å². The molecule has 1 aromatic heterocycles. The lowest BCUT2D eigenvalue weighted by atomic mass is 9.88. The highest BCUT2D eigenvalue weighted by atomic mass is 16.2. The Labute approximate surface area is 154 Å². The van der Waals surface area contributed by atoms with Gasteiger partial charge in [0.15, 0.2) is 0 Å². The topological polar surface area (TPSA) is 67.2 Å². The second kappa shape index (κ2) is 7.72. The molecule has 1 fully saturated rings. The van der Waals surface area contributed by atoms with Gasteiger partial charge in [0.05, 0.1) is 12.5 Å². The van der Waals surface area contributed by atoms with E-state index in [9.17, 15) is 9.59 Å². The molecular formula is C20H26N4O2. The summed E-state index contributed by atoms with van der Waals surface area (Å²) >= 11 is 0. The molecule has 0 radical (unpaired) electrons. The molecule has 1 saturated heterocycles. The number of nitrogens with one attached hydrogen (secondary N) is 1. The summed E-state index contributed by atoms with van der Waals surface area (Å²) in [6.45, 7) is 2.56. The van der Waals surface area contributed by atoms with Gasteiger partial charge < -0.3 is 14.8 Å². The fourth-order valence-corrected chi connectivity index (χ4v) is 3.66. The fourth-order valence-electron chi connectivity index (χ4n) is 3.66. The Morgan fingerprint density at radius 2 is 2.08 bits per heavy atom. The van der Waals surface area contributed by atoms with Crippen LogP contribution in [0.2, 0.25) is 0 Å². The van der Waals surface area contributed by atoms with Crippen LogP contribution in [0.25, 0.3) is 0 Å². The minimum atomic E-state index is -0.116. The summed E-state index contributed by atoms with van der Waals surface area (Å²) in [6, 6.07) is 7.81. The van der Waals surface area contributed by atoms with Crippen molar-refractivity contribution in [3.63, 3.8) is 0 Å². The summed E-state index contributed by atoms with van der Waals surface area (Å²) in [6.07, 6.45) is 5.27. The maximum Gasteiger partial charge on any atom is 0.224 e. The number of benzene rings is 1. The van der Waals surface area contributed by atoms with E-state index < -0.39 is 0 Å². The lowest BCUT2D eigenvalue weighted by Crippen LogP contribution is -2.45. The third-order valence-electron chi connectivity index (χ3n) is 5.28. The number of imidazole rings is 1. The van der Waals surface area contributed by atoms with E-state index in [4.69, 9.17) is 0 Å². The Morgan fingerprint density at radius 1 is 1.31 bits per heavy atom. The van der Waals surface area contributed by atoms with Crippen LogP contribution in [0.4, 0.5) is 0 Å². The van der Waals surface area contributed by atoms with Crippen LogP contribution in [0.1, 0.15) is 35.8 Å². The third-order valence-corrected chi connectivity index (χ3v) is 5.28. The van der Waals surface area contributed by atoms with Crippen molar-refractivity contribution in [1.29, 1.82) is 0 Å². The van der Waals surface area contributed by atoms with E-state index in [0.717, 1.165) is 23.4 Å². The number of carbonyl (C=O) groups excluding carboxylic acids is 2. The molecule has 2 amide bonds. The monoisotopic (exact) mass is 354 g/mol. The van der Waals surface area contributed by atoms with E-state index in [0.29, 0.717) is 19.4 Å². The molecule has 0 spiro atoms. The lowest BCUT2D eigenvalue weighted by Gasteiger charge is -2.38. The van der Waals surface area contributed by atoms with E-state index in [2.05, 4.69) is 10.3 Å². The highest BCUT2D eigenvalue weighted by Crippen LogP contribution is 2.34. The summed E-state index contributed by atoms with van der Waals surface area (Å²) in [5.41, 5.74) is 2.16. The fraction of sp³-hybridized carbons (Fsp3) is 0.450. The zero-order valence-electron chi connectivity index (χ0n) is 15.6. The molecular weight excluding hydrogens is 328 g/mol. The van der Waals surface area contributed by atoms with Gasteiger partial charge in [-0.05, 0) is 24.5 Å². The first-order chi connectivity index (χ1) is 12.5. The normalized spacial score (nSPS) is 20.3. The number of carbonyl (C=O) groups is 2. The molecule has 0 unspecified atom stereocenters. The van der Waals surface area contributed by atoms with Crippen LogP contribution in [-0.4, -0.2) is 39.9 Å². The quantitative estimate of drug-likeness (QED) is 0.893. The Balaban J connectivity index is 1.67. The highest BCUT2D eigenvalue weighted by Gasteiger charge is 2.36. The SMILES string of the molecule is Cc1ccccc1CC(=O)NC[C@H]1CCC(=O)N(C)[C@@H]1c1nccn1C. The molecule has 138 valence electrons. The van der Waals surface area contributed by atoms with Gasteiger partial charge in [0.25, 0.3) is 0 Å². The van der Waals surface area contributed by atoms with Crippen molar-refractivity contribution in [2.24, 2.45) is 13.0 Å². The van der Waals surface area contributed by atoms with Crippen molar-refractivity contribution in [2.45, 2.75) is 32.2 Å². The molecule has 0 aliphatic carbocycles. The summed E-state index contributed by atoms with van der Waals surface area (Å²) in [7, 11) is 3.76. The van der Waals surface area contributed by atoms with Gasteiger partial charge in [0.1, 0.15) is 5.82 Å². The molecule has 0 saturated carbocycles. The largest absolute Gasteiger partial charge is 0.355 e. The van der Waals surface area contributed by atoms with E-state index in [-0.39, 0.29) is 23.8 Å². The van der Waals surface area contributed by atoms with Gasteiger partial charge in [0, 0.05) is 45.4 Å². The lowest BCUT2D eigenvalue weighted by molar-refractivity contribution is -0.137. The van der Waals surface area contributed by atoms with Crippen molar-refractivity contribution in [3.8, 4) is 0 Å². The molecule has 0 bridgehead atoms. The molecule has 3 rings (SSSR count). The van der Waals surface area contributed by atoms with Crippen LogP contribution in [-0.2, 0) is 23.1 Å². The smallest absolute Gasteiger partial charge is 0.224 e. The number of likely N-dealkylation sites (tertiary alicyclic amines) is 1. The predicted octanol–water partition coefficient (Wildman–Crippen LogP) is 2.00. The van der Waals surface area contributed by atoms with Crippen molar-refractivity contribution >= 4 is 11.8 Å². The zero-order valence-corrected chi connectivity index (χ0v) is 15.6. The first-order valence-electron chi connectivity index (χ1n) is 9.01. The average molecular weight is 354 g/mol. The highest BCUT2D eigenvalue weighted by molar-refractivity contribution is 5.79. The van der Waals surface area contributed by atoms with Gasteiger partial charge in [-0.3, -0.25) is 9.59 Å². The maximum absolute atomic E-state index is 12.4. The first-order valence-corrected chi connectivity index (χ1v) is 9.01. The van der Waals surface area contributed by atoms with E-state index in [1.807, 2.05) is 56.0 Å². The molecule has 2 heterocycles. The average Bonchev–Trinajstić information content (AvgIpc) is 3.03. The number of aryl methyl sites for hydroxylation is 2. The number of hydrogen-bond acceptors (Lipinski definition) is 3. The van der Waals surface area contributed by atoms with Gasteiger partial charge in [-0.25, -0.2) is 4.98 Å². The van der Waals surface area contributed by atoms with Gasteiger partial charge in [0.2, 0.25) is 11.8 Å². The molecule has 2 aromatic rings. The summed E-state index contributed by atoms with van der Waals surface area (Å²) in [4.78, 5) is 30.8. The number of aromatic nitrogens is 2. The van der Waals surface area contributed by atoms with Crippen LogP contribution < -0.4 is 5.32 Å². The molecule has 1 aliphatic rings. The summed E-state index contributed by atoms with van der Waals surface area (Å²) in [5.74, 6) is 1.15. The first kappa shape index (κ1) is 18.2. The molecule has 1 aromatic carbocycles. The van der Waals surface area contributed by atoms with Gasteiger partial charge >= 0.3 is 0 Å². The van der Waals surface area contributed by atoms with E-state index in [1.54, 1.807) is 11.1 Å². The molecule has 2 atom stereocenters. The van der Waals surface area contributed by atoms with Crippen LogP contribution in [0, 0.1) is 12.8 Å². The zero-order chi connectivity index (χ0) is 18.7. The summed E-state index contributed by atoms with van der Waals surface area (Å²) in [5, 5.41) is 3.06. The summed E-state index contributed by atoms with van der Waals surface area (Å²) < 4.78 is 1.95. The molecule has 6 heteroatoms. The van der Waals surface area contributed by atoms with Crippen molar-refractivity contribution < 1.29 is 9.59 Å². The number of amides is 2. The molecule has 1 aliphatic heterocycles. The Bertz CT molecular complexity index is 799. The van der Waals surface area contributed by atoms with Crippen LogP contribution in [0.3, 0.4) is 0 Å². The molecule has 26 heavy (non-hydrogen) atoms. The minimum Gasteiger partial charge on any atom is -0.355 e. The Morgan fingerprint density at radius 3 is 2.77 bits per heavy atom. The minimum absolute atomic E-state index is 0.0115. The van der Waals surface area contributed by atoms with E-state index >= 15 is 0 Å². The number of piperidine rings is 1. The second-order valence-electron chi connectivity index (χ2n) is 7.05. The van der Waals surface area contributed by atoms with Crippen molar-refractivity contribution in [2.75, 3.05) is 13.6 Å². The van der Waals surface area contributed by atoms with Crippen LogP contribution in [0.5, 0.6) is 0 Å². The van der Waals surface area contributed by atoms with Crippen molar-refractivity contribution in [3.05, 3.63) is 53.6 Å². The van der Waals surface area contributed by atoms with Gasteiger partial charge in [-0.1, -0.05) is 24.3 Å². The Kier molecular flexibility index (Phi) is 5.40. The van der Waals surface area contributed by atoms with E-state index in [1.165, 1.54) is 0 Å². The molecule has 6 nitrogen and oxygen atoms in total. The predicted molar refractivity (Wildman–Crippen MR) is 99.3 cm³/mol. The third kappa shape index (κ3) is 3.79. The van der Waals surface area contributed by atoms with Crippen molar-refractivity contribution in [1.82, 2.24) is 19.8 Å². The number of nitrogens with zero attached hydrogens (tertiary/aromatic N) is 3. The standard InChI is InChI=1S/C20H26N4O2/c1-14-6-4-5-7-15(14)12-17(25)22-13-16-8-9-18(26)24(3)19(16)20-21-10-11-23(20)2/h4-7,10-11,16,19H,8-9,12-13H2,1-3H3,(H,22,25)/t16-,19+/m1/s1.